The highest BCUT2D eigenvalue weighted by Gasteiger charge is 2.17. The Bertz CT molecular complexity index is 786. The van der Waals surface area contributed by atoms with Gasteiger partial charge in [0.2, 0.25) is 5.91 Å². The number of aliphatic hydroxyl groups is 2. The summed E-state index contributed by atoms with van der Waals surface area (Å²) < 4.78 is 0. The second kappa shape index (κ2) is 40.8. The lowest BCUT2D eigenvalue weighted by Crippen LogP contribution is -2.45. The summed E-state index contributed by atoms with van der Waals surface area (Å²) in [4.78, 5) is 12.3. The fourth-order valence-corrected chi connectivity index (χ4v) is 6.27. The van der Waals surface area contributed by atoms with E-state index in [0.717, 1.165) is 44.9 Å². The first-order chi connectivity index (χ1) is 24.2. The number of unbranched alkanes of at least 4 members (excludes halogenated alkanes) is 25. The molecule has 49 heavy (non-hydrogen) atoms. The number of aliphatic hydroxyl groups excluding tert-OH is 2. The SMILES string of the molecule is CC/C=C/CC/C=C/CC/C=C/C(O)C(CO)NC(=O)CCCCCCCCCCCCCCCCC/C=C\CCCCCCCCCC. The quantitative estimate of drug-likeness (QED) is 0.0447. The van der Waals surface area contributed by atoms with E-state index < -0.39 is 12.1 Å². The molecule has 0 spiro atoms. The van der Waals surface area contributed by atoms with Crippen LogP contribution in [0, 0.1) is 0 Å². The standard InChI is InChI=1S/C45H83NO3/c1-3-5-7-9-11-13-15-16-17-18-19-20-21-22-23-24-25-26-27-28-29-30-31-33-35-37-39-41-45(49)46-43(42-47)44(48)40-38-36-34-32-14-12-10-8-6-4-2/h6,8,14,18-19,32,38,40,43-44,47-48H,3-5,7,9-13,15-17,20-31,33-37,39,41-42H2,1-2H3,(H,46,49)/b8-6+,19-18-,32-14+,40-38+. The van der Waals surface area contributed by atoms with Crippen molar-refractivity contribution in [2.75, 3.05) is 6.61 Å². The summed E-state index contributed by atoms with van der Waals surface area (Å²) in [7, 11) is 0. The smallest absolute Gasteiger partial charge is 0.220 e. The van der Waals surface area contributed by atoms with Crippen molar-refractivity contribution in [1.82, 2.24) is 5.32 Å². The summed E-state index contributed by atoms with van der Waals surface area (Å²) in [5.41, 5.74) is 0. The van der Waals surface area contributed by atoms with E-state index >= 15 is 0 Å². The molecule has 0 rings (SSSR count). The van der Waals surface area contributed by atoms with Crippen LogP contribution in [0.3, 0.4) is 0 Å². The number of amides is 1. The van der Waals surface area contributed by atoms with Gasteiger partial charge in [-0.05, 0) is 64.2 Å². The average Bonchev–Trinajstić information content (AvgIpc) is 3.10. The maximum atomic E-state index is 12.3. The molecule has 2 atom stereocenters. The molecule has 3 N–H and O–H groups in total. The minimum absolute atomic E-state index is 0.0803. The van der Waals surface area contributed by atoms with Crippen LogP contribution in [0.15, 0.2) is 48.6 Å². The minimum Gasteiger partial charge on any atom is -0.394 e. The number of hydrogen-bond donors (Lipinski definition) is 3. The summed E-state index contributed by atoms with van der Waals surface area (Å²) in [6.45, 7) is 4.17. The van der Waals surface area contributed by atoms with Gasteiger partial charge in [0.15, 0.2) is 0 Å². The molecule has 0 aromatic carbocycles. The lowest BCUT2D eigenvalue weighted by molar-refractivity contribution is -0.123. The molecule has 4 heteroatoms. The van der Waals surface area contributed by atoms with Crippen molar-refractivity contribution in [2.45, 2.75) is 225 Å². The van der Waals surface area contributed by atoms with Crippen LogP contribution in [0.1, 0.15) is 213 Å². The van der Waals surface area contributed by atoms with E-state index in [2.05, 4.69) is 55.6 Å². The highest BCUT2D eigenvalue weighted by atomic mass is 16.3. The molecule has 0 aliphatic carbocycles. The predicted octanol–water partition coefficient (Wildman–Crippen LogP) is 13.2. The summed E-state index contributed by atoms with van der Waals surface area (Å²) in [6.07, 6.45) is 55.2. The van der Waals surface area contributed by atoms with E-state index in [1.54, 1.807) is 6.08 Å². The molecule has 0 aliphatic rings. The lowest BCUT2D eigenvalue weighted by atomic mass is 10.0. The van der Waals surface area contributed by atoms with E-state index in [-0.39, 0.29) is 12.5 Å². The third kappa shape index (κ3) is 37.4. The number of hydrogen-bond acceptors (Lipinski definition) is 3. The van der Waals surface area contributed by atoms with E-state index in [1.807, 2.05) is 6.08 Å². The highest BCUT2D eigenvalue weighted by Crippen LogP contribution is 2.15. The highest BCUT2D eigenvalue weighted by molar-refractivity contribution is 5.76. The molecule has 2 unspecified atom stereocenters. The molecule has 0 saturated carbocycles. The van der Waals surface area contributed by atoms with Gasteiger partial charge in [-0.25, -0.2) is 0 Å². The summed E-state index contributed by atoms with van der Waals surface area (Å²) in [5.74, 6) is -0.0803. The average molecular weight is 686 g/mol. The molecule has 286 valence electrons. The Morgan fingerprint density at radius 3 is 1.29 bits per heavy atom. The molecule has 4 nitrogen and oxygen atoms in total. The van der Waals surface area contributed by atoms with Gasteiger partial charge in [-0.1, -0.05) is 191 Å². The topological polar surface area (TPSA) is 69.6 Å². The van der Waals surface area contributed by atoms with Gasteiger partial charge < -0.3 is 15.5 Å². The van der Waals surface area contributed by atoms with Crippen LogP contribution < -0.4 is 5.32 Å². The Labute approximate surface area is 305 Å². The van der Waals surface area contributed by atoms with Crippen molar-refractivity contribution in [3.05, 3.63) is 48.6 Å². The van der Waals surface area contributed by atoms with Crippen molar-refractivity contribution in [3.63, 3.8) is 0 Å². The van der Waals surface area contributed by atoms with Gasteiger partial charge in [-0.2, -0.15) is 0 Å². The Morgan fingerprint density at radius 1 is 0.490 bits per heavy atom. The van der Waals surface area contributed by atoms with E-state index in [4.69, 9.17) is 0 Å². The molecular weight excluding hydrogens is 602 g/mol. The van der Waals surface area contributed by atoms with Gasteiger partial charge in [0.25, 0.3) is 0 Å². The van der Waals surface area contributed by atoms with Gasteiger partial charge in [-0.15, -0.1) is 0 Å². The Morgan fingerprint density at radius 2 is 0.857 bits per heavy atom. The fourth-order valence-electron chi connectivity index (χ4n) is 6.27. The second-order valence-electron chi connectivity index (χ2n) is 14.4. The van der Waals surface area contributed by atoms with Crippen LogP contribution in [0.25, 0.3) is 0 Å². The maximum absolute atomic E-state index is 12.3. The van der Waals surface area contributed by atoms with Gasteiger partial charge in [0.1, 0.15) is 0 Å². The van der Waals surface area contributed by atoms with Crippen LogP contribution in [0.4, 0.5) is 0 Å². The molecule has 0 aliphatic heterocycles. The van der Waals surface area contributed by atoms with Crippen molar-refractivity contribution < 1.29 is 15.0 Å². The number of carbonyl (C=O) groups is 1. The Hall–Kier alpha value is -1.65. The first-order valence-corrected chi connectivity index (χ1v) is 21.4. The Balaban J connectivity index is 3.49. The molecule has 0 bridgehead atoms. The van der Waals surface area contributed by atoms with Crippen LogP contribution >= 0.6 is 0 Å². The second-order valence-corrected chi connectivity index (χ2v) is 14.4. The molecule has 0 aromatic rings. The van der Waals surface area contributed by atoms with Crippen LogP contribution in [-0.4, -0.2) is 34.9 Å². The zero-order valence-electron chi connectivity index (χ0n) is 32.7. The van der Waals surface area contributed by atoms with Crippen LogP contribution in [0.5, 0.6) is 0 Å². The summed E-state index contributed by atoms with van der Waals surface area (Å²) >= 11 is 0. The molecule has 0 saturated heterocycles. The fraction of sp³-hybridized carbons (Fsp3) is 0.800. The number of allylic oxidation sites excluding steroid dienone is 7. The number of nitrogens with one attached hydrogen (secondary N) is 1. The maximum Gasteiger partial charge on any atom is 0.220 e. The largest absolute Gasteiger partial charge is 0.394 e. The van der Waals surface area contributed by atoms with Crippen molar-refractivity contribution in [1.29, 1.82) is 0 Å². The summed E-state index contributed by atoms with van der Waals surface area (Å²) in [5, 5.41) is 22.8. The molecule has 0 fully saturated rings. The van der Waals surface area contributed by atoms with E-state index in [0.29, 0.717) is 6.42 Å². The normalized spacial score (nSPS) is 13.5. The van der Waals surface area contributed by atoms with E-state index in [1.165, 1.54) is 148 Å². The molecule has 0 heterocycles. The first kappa shape index (κ1) is 47.4. The Kier molecular flexibility index (Phi) is 39.4. The zero-order chi connectivity index (χ0) is 35.7. The first-order valence-electron chi connectivity index (χ1n) is 21.4. The van der Waals surface area contributed by atoms with Crippen molar-refractivity contribution in [2.24, 2.45) is 0 Å². The van der Waals surface area contributed by atoms with Crippen LogP contribution in [-0.2, 0) is 4.79 Å². The summed E-state index contributed by atoms with van der Waals surface area (Å²) in [6, 6.07) is -0.642. The number of carbonyl (C=O) groups excluding carboxylic acids is 1. The molecule has 0 radical (unpaired) electrons. The predicted molar refractivity (Wildman–Crippen MR) is 216 cm³/mol. The van der Waals surface area contributed by atoms with E-state index in [9.17, 15) is 15.0 Å². The number of rotatable bonds is 38. The monoisotopic (exact) mass is 686 g/mol. The van der Waals surface area contributed by atoms with Gasteiger partial charge in [-0.3, -0.25) is 4.79 Å². The van der Waals surface area contributed by atoms with Gasteiger partial charge in [0.05, 0.1) is 18.8 Å². The lowest BCUT2D eigenvalue weighted by Gasteiger charge is -2.19. The van der Waals surface area contributed by atoms with Crippen molar-refractivity contribution >= 4 is 5.91 Å². The minimum atomic E-state index is -0.867. The van der Waals surface area contributed by atoms with Crippen LogP contribution in [0.2, 0.25) is 0 Å². The molecule has 1 amide bonds. The molecular formula is C45H83NO3. The third-order valence-electron chi connectivity index (χ3n) is 9.52. The third-order valence-corrected chi connectivity index (χ3v) is 9.52. The van der Waals surface area contributed by atoms with Gasteiger partial charge in [0, 0.05) is 6.42 Å². The zero-order valence-corrected chi connectivity index (χ0v) is 32.7. The molecule has 0 aromatic heterocycles. The van der Waals surface area contributed by atoms with Crippen molar-refractivity contribution in [3.8, 4) is 0 Å². The van der Waals surface area contributed by atoms with Gasteiger partial charge >= 0.3 is 0 Å².